The number of hydrogen-bond acceptors (Lipinski definition) is 3. The molecule has 6 nitrogen and oxygen atoms in total. The fourth-order valence-corrected chi connectivity index (χ4v) is 3.66. The van der Waals surface area contributed by atoms with Gasteiger partial charge in [0.2, 0.25) is 18.3 Å². The highest BCUT2D eigenvalue weighted by Crippen LogP contribution is 2.31. The molecular weight excluding hydrogens is 402 g/mol. The van der Waals surface area contributed by atoms with Crippen molar-refractivity contribution in [2.75, 3.05) is 16.8 Å². The molecule has 1 aliphatic heterocycles. The second kappa shape index (κ2) is 8.55. The van der Waals surface area contributed by atoms with Gasteiger partial charge in [0.15, 0.2) is 6.20 Å². The minimum absolute atomic E-state index is 0.158. The molecule has 2 heterocycles. The molecule has 1 aromatic heterocycles. The van der Waals surface area contributed by atoms with Gasteiger partial charge in [0.1, 0.15) is 5.75 Å². The van der Waals surface area contributed by atoms with Gasteiger partial charge in [-0.2, -0.15) is 4.57 Å². The SMILES string of the molecule is CCOc1ccc(NC(=O)[C@@H]2c3cccc[n+]3CC(=O)N2c2ccc(Cl)cc2)cc1. The van der Waals surface area contributed by atoms with E-state index in [0.717, 1.165) is 11.4 Å². The van der Waals surface area contributed by atoms with E-state index in [1.54, 1.807) is 53.1 Å². The number of pyridine rings is 1. The number of anilines is 2. The number of halogens is 1. The van der Waals surface area contributed by atoms with Crippen molar-refractivity contribution in [3.8, 4) is 5.75 Å². The summed E-state index contributed by atoms with van der Waals surface area (Å²) in [5, 5.41) is 3.49. The Labute approximate surface area is 179 Å². The molecule has 0 bridgehead atoms. The van der Waals surface area contributed by atoms with Gasteiger partial charge in [-0.15, -0.1) is 0 Å². The summed E-state index contributed by atoms with van der Waals surface area (Å²) in [6.45, 7) is 2.64. The Morgan fingerprint density at radius 1 is 1.13 bits per heavy atom. The standard InChI is InChI=1S/C23H20ClN3O3/c1-2-30-19-12-8-17(9-13-19)25-23(29)22-20-5-3-4-14-26(20)15-21(28)27(22)18-10-6-16(24)7-11-18/h3-14,22H,2,15H2,1H3/p+1/t22-/m0/s1. The molecule has 0 radical (unpaired) electrons. The number of benzene rings is 2. The van der Waals surface area contributed by atoms with E-state index in [1.165, 1.54) is 4.90 Å². The minimum Gasteiger partial charge on any atom is -0.494 e. The molecule has 1 N–H and O–H groups in total. The normalized spacial score (nSPS) is 15.5. The van der Waals surface area contributed by atoms with Crippen LogP contribution in [0.2, 0.25) is 5.02 Å². The van der Waals surface area contributed by atoms with Crippen LogP contribution in [0.4, 0.5) is 11.4 Å². The first kappa shape index (κ1) is 19.9. The molecule has 0 spiro atoms. The van der Waals surface area contributed by atoms with Gasteiger partial charge in [-0.25, -0.2) is 0 Å². The van der Waals surface area contributed by atoms with E-state index >= 15 is 0 Å². The van der Waals surface area contributed by atoms with E-state index in [4.69, 9.17) is 16.3 Å². The lowest BCUT2D eigenvalue weighted by molar-refractivity contribution is -0.695. The van der Waals surface area contributed by atoms with Crippen LogP contribution in [0.15, 0.2) is 72.9 Å². The highest BCUT2D eigenvalue weighted by atomic mass is 35.5. The lowest BCUT2D eigenvalue weighted by atomic mass is 10.0. The van der Waals surface area contributed by atoms with Gasteiger partial charge >= 0.3 is 0 Å². The predicted octanol–water partition coefficient (Wildman–Crippen LogP) is 3.75. The molecule has 2 aromatic carbocycles. The monoisotopic (exact) mass is 422 g/mol. The number of nitrogens with one attached hydrogen (secondary N) is 1. The van der Waals surface area contributed by atoms with Crippen molar-refractivity contribution in [1.82, 2.24) is 0 Å². The summed E-state index contributed by atoms with van der Waals surface area (Å²) in [6, 6.07) is 18.8. The molecule has 1 aliphatic rings. The van der Waals surface area contributed by atoms with Crippen molar-refractivity contribution < 1.29 is 18.9 Å². The maximum Gasteiger partial charge on any atom is 0.294 e. The summed E-state index contributed by atoms with van der Waals surface area (Å²) in [4.78, 5) is 27.9. The summed E-state index contributed by atoms with van der Waals surface area (Å²) >= 11 is 6.01. The van der Waals surface area contributed by atoms with Gasteiger partial charge in [-0.1, -0.05) is 17.7 Å². The first-order valence-electron chi connectivity index (χ1n) is 9.66. The number of carbonyl (C=O) groups excluding carboxylic acids is 2. The largest absolute Gasteiger partial charge is 0.494 e. The van der Waals surface area contributed by atoms with Crippen LogP contribution in [-0.4, -0.2) is 18.4 Å². The molecule has 0 unspecified atom stereocenters. The summed E-state index contributed by atoms with van der Waals surface area (Å²) in [7, 11) is 0. The van der Waals surface area contributed by atoms with Crippen molar-refractivity contribution in [2.45, 2.75) is 19.5 Å². The average molecular weight is 423 g/mol. The number of fused-ring (bicyclic) bond motifs is 1. The number of ether oxygens (including phenoxy) is 1. The molecule has 30 heavy (non-hydrogen) atoms. The summed E-state index contributed by atoms with van der Waals surface area (Å²) in [5.41, 5.74) is 1.97. The zero-order valence-corrected chi connectivity index (χ0v) is 17.2. The third-order valence-corrected chi connectivity index (χ3v) is 5.13. The lowest BCUT2D eigenvalue weighted by Crippen LogP contribution is -2.58. The van der Waals surface area contributed by atoms with Crippen LogP contribution in [0.5, 0.6) is 5.75 Å². The smallest absolute Gasteiger partial charge is 0.294 e. The van der Waals surface area contributed by atoms with E-state index in [1.807, 2.05) is 31.3 Å². The molecule has 152 valence electrons. The van der Waals surface area contributed by atoms with Crippen molar-refractivity contribution in [3.63, 3.8) is 0 Å². The molecular formula is C23H21ClN3O3+. The van der Waals surface area contributed by atoms with E-state index in [2.05, 4.69) is 5.32 Å². The van der Waals surface area contributed by atoms with E-state index in [9.17, 15) is 9.59 Å². The highest BCUT2D eigenvalue weighted by Gasteiger charge is 2.43. The Balaban J connectivity index is 1.69. The summed E-state index contributed by atoms with van der Waals surface area (Å²) in [6.07, 6.45) is 1.81. The number of nitrogens with zero attached hydrogens (tertiary/aromatic N) is 2. The summed E-state index contributed by atoms with van der Waals surface area (Å²) < 4.78 is 7.25. The average Bonchev–Trinajstić information content (AvgIpc) is 2.75. The molecule has 0 fully saturated rings. The van der Waals surface area contributed by atoms with Crippen LogP contribution in [0.3, 0.4) is 0 Å². The van der Waals surface area contributed by atoms with E-state index in [-0.39, 0.29) is 18.4 Å². The van der Waals surface area contributed by atoms with E-state index in [0.29, 0.717) is 23.0 Å². The second-order valence-corrected chi connectivity index (χ2v) is 7.28. The molecule has 3 aromatic rings. The molecule has 0 saturated heterocycles. The fraction of sp³-hybridized carbons (Fsp3) is 0.174. The van der Waals surface area contributed by atoms with Crippen molar-refractivity contribution in [3.05, 3.63) is 83.6 Å². The van der Waals surface area contributed by atoms with Crippen LogP contribution in [0.1, 0.15) is 18.7 Å². The Bertz CT molecular complexity index is 1070. The van der Waals surface area contributed by atoms with Crippen molar-refractivity contribution in [1.29, 1.82) is 0 Å². The minimum atomic E-state index is -0.819. The number of amides is 2. The predicted molar refractivity (Wildman–Crippen MR) is 115 cm³/mol. The lowest BCUT2D eigenvalue weighted by Gasteiger charge is -2.32. The van der Waals surface area contributed by atoms with Gasteiger partial charge in [0, 0.05) is 28.5 Å². The van der Waals surface area contributed by atoms with Crippen LogP contribution in [0, 0.1) is 0 Å². The number of carbonyl (C=O) groups is 2. The quantitative estimate of drug-likeness (QED) is 0.637. The Morgan fingerprint density at radius 2 is 1.87 bits per heavy atom. The molecule has 1 atom stereocenters. The van der Waals surface area contributed by atoms with Crippen LogP contribution in [0.25, 0.3) is 0 Å². The number of rotatable bonds is 5. The van der Waals surface area contributed by atoms with Gasteiger partial charge in [-0.3, -0.25) is 14.5 Å². The second-order valence-electron chi connectivity index (χ2n) is 6.84. The molecule has 2 amide bonds. The van der Waals surface area contributed by atoms with Gasteiger partial charge in [-0.05, 0) is 55.5 Å². The molecule has 7 heteroatoms. The van der Waals surface area contributed by atoms with Gasteiger partial charge in [0.25, 0.3) is 11.8 Å². The Hall–Kier alpha value is -3.38. The van der Waals surface area contributed by atoms with E-state index < -0.39 is 6.04 Å². The van der Waals surface area contributed by atoms with Gasteiger partial charge < -0.3 is 10.1 Å². The van der Waals surface area contributed by atoms with Gasteiger partial charge in [0.05, 0.1) is 6.61 Å². The zero-order chi connectivity index (χ0) is 21.1. The van der Waals surface area contributed by atoms with Crippen LogP contribution < -0.4 is 19.5 Å². The molecule has 0 aliphatic carbocycles. The molecule has 4 rings (SSSR count). The fourth-order valence-electron chi connectivity index (χ4n) is 3.54. The Morgan fingerprint density at radius 3 is 2.57 bits per heavy atom. The maximum absolute atomic E-state index is 13.4. The zero-order valence-electron chi connectivity index (χ0n) is 16.4. The number of aromatic nitrogens is 1. The topological polar surface area (TPSA) is 62.5 Å². The first-order chi connectivity index (χ1) is 14.6. The highest BCUT2D eigenvalue weighted by molar-refractivity contribution is 6.30. The number of hydrogen-bond donors (Lipinski definition) is 1. The first-order valence-corrected chi connectivity index (χ1v) is 10.0. The van der Waals surface area contributed by atoms with Crippen molar-refractivity contribution >= 4 is 34.8 Å². The third-order valence-electron chi connectivity index (χ3n) is 4.87. The van der Waals surface area contributed by atoms with Crippen molar-refractivity contribution in [2.24, 2.45) is 0 Å². The molecule has 0 saturated carbocycles. The summed E-state index contributed by atoms with van der Waals surface area (Å²) in [5.74, 6) is 0.252. The third kappa shape index (κ3) is 4.00. The van der Waals surface area contributed by atoms with Crippen LogP contribution >= 0.6 is 11.6 Å². The Kier molecular flexibility index (Phi) is 5.68. The van der Waals surface area contributed by atoms with Crippen LogP contribution in [-0.2, 0) is 16.1 Å². The maximum atomic E-state index is 13.4.